The lowest BCUT2D eigenvalue weighted by atomic mass is 9.40. The smallest absolute Gasteiger partial charge is 0.226 e. The third-order valence-electron chi connectivity index (χ3n) is 5.73. The molecule has 4 fully saturated rings. The summed E-state index contributed by atoms with van der Waals surface area (Å²) in [6.07, 6.45) is 7.89. The molecule has 0 aromatic rings. The molecule has 0 aliphatic heterocycles. The van der Waals surface area contributed by atoms with Gasteiger partial charge in [-0.05, 0) is 61.7 Å². The summed E-state index contributed by atoms with van der Waals surface area (Å²) in [6.45, 7) is 5.57. The van der Waals surface area contributed by atoms with Gasteiger partial charge in [-0.1, -0.05) is 13.8 Å². The predicted molar refractivity (Wildman–Crippen MR) is 74.6 cm³/mol. The molecule has 19 heavy (non-hydrogen) atoms. The molecule has 4 aliphatic rings. The van der Waals surface area contributed by atoms with Gasteiger partial charge in [-0.25, -0.2) is 0 Å². The first-order valence-electron chi connectivity index (χ1n) is 7.78. The van der Waals surface area contributed by atoms with Crippen molar-refractivity contribution in [1.82, 2.24) is 5.32 Å². The molecule has 0 radical (unpaired) electrons. The number of hydrogen-bond donors (Lipinski definition) is 2. The van der Waals surface area contributed by atoms with Gasteiger partial charge < -0.3 is 10.4 Å². The summed E-state index contributed by atoms with van der Waals surface area (Å²) < 4.78 is 0. The van der Waals surface area contributed by atoms with Crippen molar-refractivity contribution >= 4 is 5.91 Å². The van der Waals surface area contributed by atoms with Crippen molar-refractivity contribution < 1.29 is 9.90 Å². The van der Waals surface area contributed by atoms with E-state index < -0.39 is 0 Å². The van der Waals surface area contributed by atoms with Crippen LogP contribution in [0.2, 0.25) is 0 Å². The molecule has 0 aromatic carbocycles. The number of nitrogens with one attached hydrogen (secondary N) is 1. The van der Waals surface area contributed by atoms with E-state index in [1.54, 1.807) is 0 Å². The number of aliphatic hydroxyl groups is 1. The lowest BCUT2D eigenvalue weighted by Gasteiger charge is -2.64. The average Bonchev–Trinajstić information content (AvgIpc) is 2.24. The normalized spacial score (nSPS) is 47.4. The van der Waals surface area contributed by atoms with Gasteiger partial charge in [-0.2, -0.15) is 0 Å². The van der Waals surface area contributed by atoms with Crippen LogP contribution < -0.4 is 5.32 Å². The Hall–Kier alpha value is -0.570. The molecule has 4 saturated carbocycles. The van der Waals surface area contributed by atoms with E-state index in [0.29, 0.717) is 23.8 Å². The van der Waals surface area contributed by atoms with Crippen LogP contribution in [0.4, 0.5) is 0 Å². The summed E-state index contributed by atoms with van der Waals surface area (Å²) in [6, 6.07) is 0. The van der Waals surface area contributed by atoms with Gasteiger partial charge in [-0.3, -0.25) is 4.79 Å². The quantitative estimate of drug-likeness (QED) is 0.767. The van der Waals surface area contributed by atoms with Gasteiger partial charge in [0.05, 0.1) is 5.41 Å². The lowest BCUT2D eigenvalue weighted by molar-refractivity contribution is -0.170. The second-order valence-electron chi connectivity index (χ2n) is 8.24. The van der Waals surface area contributed by atoms with Crippen molar-refractivity contribution in [3.63, 3.8) is 0 Å². The zero-order chi connectivity index (χ0) is 13.7. The largest absolute Gasteiger partial charge is 0.396 e. The second kappa shape index (κ2) is 4.21. The highest BCUT2D eigenvalue weighted by Gasteiger charge is 2.62. The third-order valence-corrected chi connectivity index (χ3v) is 5.73. The van der Waals surface area contributed by atoms with Gasteiger partial charge in [0.2, 0.25) is 5.91 Å². The topological polar surface area (TPSA) is 49.3 Å². The van der Waals surface area contributed by atoms with E-state index in [0.717, 1.165) is 25.2 Å². The summed E-state index contributed by atoms with van der Waals surface area (Å²) in [5.74, 6) is 1.03. The monoisotopic (exact) mass is 265 g/mol. The predicted octanol–water partition coefficient (Wildman–Crippen LogP) is 2.48. The lowest BCUT2D eigenvalue weighted by Crippen LogP contribution is -2.59. The van der Waals surface area contributed by atoms with Crippen LogP contribution in [0.25, 0.3) is 0 Å². The van der Waals surface area contributed by atoms with E-state index in [9.17, 15) is 4.79 Å². The van der Waals surface area contributed by atoms with Crippen LogP contribution in [0.3, 0.4) is 0 Å². The summed E-state index contributed by atoms with van der Waals surface area (Å²) in [4.78, 5) is 12.7. The Balaban J connectivity index is 1.78. The molecule has 0 saturated heterocycles. The van der Waals surface area contributed by atoms with Crippen LogP contribution in [0.15, 0.2) is 0 Å². The molecule has 3 nitrogen and oxygen atoms in total. The fourth-order valence-corrected chi connectivity index (χ4v) is 6.17. The van der Waals surface area contributed by atoms with Crippen LogP contribution in [0.5, 0.6) is 0 Å². The minimum Gasteiger partial charge on any atom is -0.396 e. The number of carbonyl (C=O) groups excluding carboxylic acids is 1. The Labute approximate surface area is 116 Å². The van der Waals surface area contributed by atoms with E-state index in [2.05, 4.69) is 19.2 Å². The Bertz CT molecular complexity index is 374. The molecule has 3 heteroatoms. The zero-order valence-corrected chi connectivity index (χ0v) is 12.3. The Kier molecular flexibility index (Phi) is 2.97. The van der Waals surface area contributed by atoms with Gasteiger partial charge in [-0.15, -0.1) is 0 Å². The molecule has 0 spiro atoms. The molecule has 0 heterocycles. The Morgan fingerprint density at radius 2 is 1.79 bits per heavy atom. The molecule has 4 bridgehead atoms. The van der Waals surface area contributed by atoms with Gasteiger partial charge >= 0.3 is 0 Å². The molecule has 108 valence electrons. The summed E-state index contributed by atoms with van der Waals surface area (Å²) in [7, 11) is 0. The molecule has 4 rings (SSSR count). The highest BCUT2D eigenvalue weighted by atomic mass is 16.3. The minimum absolute atomic E-state index is 0.0988. The maximum atomic E-state index is 12.7. The van der Waals surface area contributed by atoms with Crippen molar-refractivity contribution in [3.8, 4) is 0 Å². The Morgan fingerprint density at radius 1 is 1.16 bits per heavy atom. The highest BCUT2D eigenvalue weighted by molar-refractivity contribution is 5.83. The van der Waals surface area contributed by atoms with E-state index >= 15 is 0 Å². The molecule has 2 atom stereocenters. The van der Waals surface area contributed by atoms with Crippen molar-refractivity contribution in [3.05, 3.63) is 0 Å². The van der Waals surface area contributed by atoms with Crippen LogP contribution in [0.1, 0.15) is 58.8 Å². The van der Waals surface area contributed by atoms with E-state index in [1.165, 1.54) is 19.3 Å². The second-order valence-corrected chi connectivity index (χ2v) is 8.24. The van der Waals surface area contributed by atoms with Crippen molar-refractivity contribution in [2.75, 3.05) is 13.2 Å². The standard InChI is InChI=1S/C16H27NO2/c1-14-6-12-7-15(2,9-14)11-16(8-12,10-14)13(19)17-4-3-5-18/h12,18H,3-11H2,1-2H3,(H,17,19). The van der Waals surface area contributed by atoms with Gasteiger partial charge in [0.15, 0.2) is 0 Å². The fraction of sp³-hybridized carbons (Fsp3) is 0.938. The van der Waals surface area contributed by atoms with Gasteiger partial charge in [0, 0.05) is 13.2 Å². The average molecular weight is 265 g/mol. The molecule has 2 unspecified atom stereocenters. The van der Waals surface area contributed by atoms with Crippen LogP contribution in [-0.4, -0.2) is 24.2 Å². The van der Waals surface area contributed by atoms with Crippen molar-refractivity contribution in [1.29, 1.82) is 0 Å². The van der Waals surface area contributed by atoms with E-state index in [-0.39, 0.29) is 17.9 Å². The van der Waals surface area contributed by atoms with Crippen LogP contribution in [-0.2, 0) is 4.79 Å². The number of aliphatic hydroxyl groups excluding tert-OH is 1. The van der Waals surface area contributed by atoms with Gasteiger partial charge in [0.25, 0.3) is 0 Å². The molecular formula is C16H27NO2. The molecule has 4 aliphatic carbocycles. The fourth-order valence-electron chi connectivity index (χ4n) is 6.17. The molecule has 1 amide bonds. The maximum Gasteiger partial charge on any atom is 0.226 e. The van der Waals surface area contributed by atoms with Crippen LogP contribution >= 0.6 is 0 Å². The third kappa shape index (κ3) is 2.20. The Morgan fingerprint density at radius 3 is 2.32 bits per heavy atom. The SMILES string of the molecule is CC12CC3CC(C)(C1)CC(C(=O)NCCCO)(C3)C2. The summed E-state index contributed by atoms with van der Waals surface area (Å²) in [5.41, 5.74) is 0.684. The number of carbonyl (C=O) groups is 1. The van der Waals surface area contributed by atoms with E-state index in [1.807, 2.05) is 0 Å². The number of rotatable bonds is 4. The number of hydrogen-bond acceptors (Lipinski definition) is 2. The van der Waals surface area contributed by atoms with Crippen molar-refractivity contribution in [2.24, 2.45) is 22.2 Å². The summed E-state index contributed by atoms with van der Waals surface area (Å²) in [5, 5.41) is 11.9. The minimum atomic E-state index is -0.0988. The van der Waals surface area contributed by atoms with Gasteiger partial charge in [0.1, 0.15) is 0 Å². The number of amides is 1. The van der Waals surface area contributed by atoms with Crippen molar-refractivity contribution in [2.45, 2.75) is 58.8 Å². The molecule has 2 N–H and O–H groups in total. The first kappa shape index (κ1) is 13.4. The van der Waals surface area contributed by atoms with Crippen LogP contribution in [0, 0.1) is 22.2 Å². The zero-order valence-electron chi connectivity index (χ0n) is 12.3. The van der Waals surface area contributed by atoms with E-state index in [4.69, 9.17) is 5.11 Å². The first-order chi connectivity index (χ1) is 8.89. The maximum absolute atomic E-state index is 12.7. The molecule has 0 aromatic heterocycles. The first-order valence-corrected chi connectivity index (χ1v) is 7.78. The summed E-state index contributed by atoms with van der Waals surface area (Å²) >= 11 is 0. The highest BCUT2D eigenvalue weighted by Crippen LogP contribution is 2.69. The molecular weight excluding hydrogens is 238 g/mol.